The summed E-state index contributed by atoms with van der Waals surface area (Å²) in [6.07, 6.45) is 1.89. The smallest absolute Gasteiger partial charge is 0.247 e. The summed E-state index contributed by atoms with van der Waals surface area (Å²) in [5.41, 5.74) is 1.49. The van der Waals surface area contributed by atoms with Gasteiger partial charge in [0.2, 0.25) is 17.7 Å². The fraction of sp³-hybridized carbons (Fsp3) is 0.500. The van der Waals surface area contributed by atoms with E-state index < -0.39 is 29.8 Å². The molecule has 2 aromatic carbocycles. The van der Waals surface area contributed by atoms with E-state index in [1.165, 1.54) is 0 Å². The van der Waals surface area contributed by atoms with Crippen molar-refractivity contribution in [3.8, 4) is 0 Å². The summed E-state index contributed by atoms with van der Waals surface area (Å²) in [4.78, 5) is 42.5. The number of likely N-dealkylation sites (N-methyl/N-ethyl adjacent to an activating group) is 1. The Labute approximate surface area is 225 Å². The molecule has 204 valence electrons. The molecule has 0 aromatic heterocycles. The highest BCUT2D eigenvalue weighted by molar-refractivity contribution is 5.94. The molecule has 0 aliphatic carbocycles. The van der Waals surface area contributed by atoms with Crippen LogP contribution in [0.5, 0.6) is 0 Å². The maximum atomic E-state index is 14.3. The number of amides is 3. The fourth-order valence-corrected chi connectivity index (χ4v) is 5.82. The van der Waals surface area contributed by atoms with Gasteiger partial charge in [0.1, 0.15) is 18.3 Å². The average molecular weight is 521 g/mol. The molecule has 0 spiro atoms. The van der Waals surface area contributed by atoms with Crippen molar-refractivity contribution in [3.63, 3.8) is 0 Å². The first-order valence-corrected chi connectivity index (χ1v) is 13.7. The Bertz CT molecular complexity index is 1070. The zero-order chi connectivity index (χ0) is 27.3. The average Bonchev–Trinajstić information content (AvgIpc) is 3.22. The second-order valence-electron chi connectivity index (χ2n) is 10.4. The van der Waals surface area contributed by atoms with E-state index >= 15 is 0 Å². The molecule has 2 fully saturated rings. The Morgan fingerprint density at radius 1 is 1.03 bits per heavy atom. The minimum absolute atomic E-state index is 0.207. The molecule has 0 bridgehead atoms. The summed E-state index contributed by atoms with van der Waals surface area (Å²) in [5, 5.41) is 9.08. The third-order valence-electron chi connectivity index (χ3n) is 8.37. The highest BCUT2D eigenvalue weighted by Crippen LogP contribution is 2.48. The van der Waals surface area contributed by atoms with Crippen molar-refractivity contribution in [3.05, 3.63) is 71.8 Å². The topological polar surface area (TPSA) is 99.8 Å². The number of nitrogens with zero attached hydrogens (tertiary/aromatic N) is 1. The number of hydrogen-bond donors (Lipinski definition) is 3. The Morgan fingerprint density at radius 2 is 1.61 bits per heavy atom. The number of fused-ring (bicyclic) bond motifs is 1. The van der Waals surface area contributed by atoms with Crippen molar-refractivity contribution in [2.24, 2.45) is 5.41 Å². The molecule has 2 aliphatic heterocycles. The first-order valence-electron chi connectivity index (χ1n) is 13.7. The second-order valence-corrected chi connectivity index (χ2v) is 10.4. The molecule has 0 radical (unpaired) electrons. The number of carbonyl (C=O) groups is 3. The molecule has 2 aromatic rings. The summed E-state index contributed by atoms with van der Waals surface area (Å²) in [6.45, 7) is 6.22. The Balaban J connectivity index is 1.68. The summed E-state index contributed by atoms with van der Waals surface area (Å²) in [7, 11) is 1.70. The van der Waals surface area contributed by atoms with Gasteiger partial charge >= 0.3 is 0 Å². The summed E-state index contributed by atoms with van der Waals surface area (Å²) >= 11 is 0. The van der Waals surface area contributed by atoms with Crippen LogP contribution in [0.1, 0.15) is 63.6 Å². The van der Waals surface area contributed by atoms with E-state index in [0.717, 1.165) is 24.0 Å². The lowest BCUT2D eigenvalue weighted by atomic mass is 9.74. The zero-order valence-corrected chi connectivity index (χ0v) is 22.8. The Morgan fingerprint density at radius 3 is 2.13 bits per heavy atom. The van der Waals surface area contributed by atoms with Crippen LogP contribution in [-0.2, 0) is 19.1 Å². The van der Waals surface area contributed by atoms with Crippen LogP contribution in [0, 0.1) is 5.41 Å². The molecule has 2 saturated heterocycles. The van der Waals surface area contributed by atoms with Crippen LogP contribution >= 0.6 is 0 Å². The van der Waals surface area contributed by atoms with Crippen molar-refractivity contribution in [1.82, 2.24) is 20.9 Å². The van der Waals surface area contributed by atoms with Crippen molar-refractivity contribution in [2.75, 3.05) is 13.7 Å². The summed E-state index contributed by atoms with van der Waals surface area (Å²) < 4.78 is 6.17. The van der Waals surface area contributed by atoms with Gasteiger partial charge in [0.15, 0.2) is 0 Å². The molecule has 4 atom stereocenters. The lowest BCUT2D eigenvalue weighted by Crippen LogP contribution is -2.59. The van der Waals surface area contributed by atoms with Gasteiger partial charge in [-0.05, 0) is 37.9 Å². The molecule has 2 aliphatic rings. The van der Waals surface area contributed by atoms with Crippen LogP contribution in [-0.4, -0.2) is 60.6 Å². The lowest BCUT2D eigenvalue weighted by molar-refractivity contribution is -0.150. The quantitative estimate of drug-likeness (QED) is 0.472. The summed E-state index contributed by atoms with van der Waals surface area (Å²) in [5.74, 6) is -0.722. The van der Waals surface area contributed by atoms with Gasteiger partial charge in [-0.3, -0.25) is 14.4 Å². The third-order valence-corrected chi connectivity index (χ3v) is 8.37. The predicted octanol–water partition coefficient (Wildman–Crippen LogP) is 3.14. The molecule has 38 heavy (non-hydrogen) atoms. The van der Waals surface area contributed by atoms with Crippen molar-refractivity contribution < 1.29 is 19.1 Å². The van der Waals surface area contributed by atoms with E-state index in [1.807, 2.05) is 60.7 Å². The van der Waals surface area contributed by atoms with Gasteiger partial charge < -0.3 is 25.6 Å². The first-order chi connectivity index (χ1) is 18.3. The molecule has 3 N–H and O–H groups in total. The van der Waals surface area contributed by atoms with Gasteiger partial charge in [0.05, 0.1) is 18.7 Å². The number of ether oxygens (including phenoxy) is 1. The number of benzene rings is 2. The molecule has 0 saturated carbocycles. The van der Waals surface area contributed by atoms with Gasteiger partial charge in [0.25, 0.3) is 0 Å². The third kappa shape index (κ3) is 5.47. The second kappa shape index (κ2) is 12.1. The molecular formula is C30H40N4O4. The molecule has 8 heteroatoms. The van der Waals surface area contributed by atoms with E-state index in [1.54, 1.807) is 18.9 Å². The van der Waals surface area contributed by atoms with Crippen molar-refractivity contribution in [1.29, 1.82) is 0 Å². The molecule has 3 amide bonds. The summed E-state index contributed by atoms with van der Waals surface area (Å²) in [6, 6.07) is 17.4. The van der Waals surface area contributed by atoms with Crippen LogP contribution in [0.15, 0.2) is 60.7 Å². The lowest BCUT2D eigenvalue weighted by Gasteiger charge is -2.37. The predicted molar refractivity (Wildman–Crippen MR) is 146 cm³/mol. The van der Waals surface area contributed by atoms with Crippen LogP contribution in [0.3, 0.4) is 0 Å². The van der Waals surface area contributed by atoms with E-state index in [9.17, 15) is 14.4 Å². The highest BCUT2D eigenvalue weighted by Gasteiger charge is 2.57. The monoisotopic (exact) mass is 520 g/mol. The SMILES string of the molecule is CCC1(CC)CC2OCC[C@H](NC(=O)C(C)NC)C(=O)N2C1C(=O)NC(c1ccccc1)c1ccccc1. The minimum Gasteiger partial charge on any atom is -0.358 e. The van der Waals surface area contributed by atoms with Gasteiger partial charge in [0, 0.05) is 18.3 Å². The van der Waals surface area contributed by atoms with Gasteiger partial charge in [-0.25, -0.2) is 0 Å². The molecule has 4 rings (SSSR count). The maximum Gasteiger partial charge on any atom is 0.247 e. The number of rotatable bonds is 9. The first kappa shape index (κ1) is 27.8. The van der Waals surface area contributed by atoms with Crippen molar-refractivity contribution in [2.45, 2.75) is 76.8 Å². The van der Waals surface area contributed by atoms with Crippen LogP contribution in [0.2, 0.25) is 0 Å². The van der Waals surface area contributed by atoms with E-state index in [-0.39, 0.29) is 23.8 Å². The number of carbonyl (C=O) groups excluding carboxylic acids is 3. The largest absolute Gasteiger partial charge is 0.358 e. The molecule has 3 unspecified atom stereocenters. The van der Waals surface area contributed by atoms with Crippen molar-refractivity contribution >= 4 is 17.7 Å². The van der Waals surface area contributed by atoms with Gasteiger partial charge in [-0.15, -0.1) is 0 Å². The zero-order valence-electron chi connectivity index (χ0n) is 22.8. The van der Waals surface area contributed by atoms with Crippen LogP contribution in [0.25, 0.3) is 0 Å². The van der Waals surface area contributed by atoms with E-state index in [0.29, 0.717) is 19.4 Å². The molecular weight excluding hydrogens is 480 g/mol. The molecule has 2 heterocycles. The van der Waals surface area contributed by atoms with Gasteiger partial charge in [-0.2, -0.15) is 0 Å². The number of hydrogen-bond acceptors (Lipinski definition) is 5. The minimum atomic E-state index is -0.748. The standard InChI is InChI=1S/C30H40N4O4/c1-5-30(6-2)19-24-34(29(37)23(17-18-38-24)32-27(35)20(3)31-4)26(30)28(36)33-25(21-13-9-7-10-14-21)22-15-11-8-12-16-22/h7-16,20,23-26,31H,5-6,17-19H2,1-4H3,(H,32,35)(H,33,36)/t20?,23-,24?,26?/m0/s1. The Kier molecular flexibility index (Phi) is 8.84. The normalized spacial score (nSPS) is 23.4. The highest BCUT2D eigenvalue weighted by atomic mass is 16.5. The fourth-order valence-electron chi connectivity index (χ4n) is 5.82. The van der Waals surface area contributed by atoms with Gasteiger partial charge in [-0.1, -0.05) is 74.5 Å². The van der Waals surface area contributed by atoms with Crippen LogP contribution < -0.4 is 16.0 Å². The van der Waals surface area contributed by atoms with E-state index in [4.69, 9.17) is 4.74 Å². The van der Waals surface area contributed by atoms with Crippen LogP contribution in [0.4, 0.5) is 0 Å². The van der Waals surface area contributed by atoms with E-state index in [2.05, 4.69) is 29.8 Å². The number of nitrogens with one attached hydrogen (secondary N) is 3. The Hall–Kier alpha value is -3.23. The maximum absolute atomic E-state index is 14.3. The molecule has 8 nitrogen and oxygen atoms in total.